The van der Waals surface area contributed by atoms with Gasteiger partial charge in [0.1, 0.15) is 0 Å². The van der Waals surface area contributed by atoms with Gasteiger partial charge in [0.25, 0.3) is 0 Å². The molecule has 0 saturated carbocycles. The summed E-state index contributed by atoms with van der Waals surface area (Å²) < 4.78 is 5.73. The van der Waals surface area contributed by atoms with Crippen LogP contribution in [-0.4, -0.2) is 50.5 Å². The predicted molar refractivity (Wildman–Crippen MR) is 127 cm³/mol. The van der Waals surface area contributed by atoms with E-state index in [0.29, 0.717) is 38.8 Å². The molecule has 3 rings (SSSR count). The summed E-state index contributed by atoms with van der Waals surface area (Å²) in [7, 11) is 0. The lowest BCUT2D eigenvalue weighted by Crippen LogP contribution is -2.39. The van der Waals surface area contributed by atoms with Gasteiger partial charge in [-0.15, -0.1) is 0 Å². The number of benzene rings is 2. The predicted octanol–water partition coefficient (Wildman–Crippen LogP) is 3.17. The maximum atomic E-state index is 9.31. The highest BCUT2D eigenvalue weighted by atomic mass is 16.5. The Balaban J connectivity index is 1.41. The summed E-state index contributed by atoms with van der Waals surface area (Å²) in [5, 5.41) is 15.9. The molecule has 1 aliphatic heterocycles. The van der Waals surface area contributed by atoms with Crippen LogP contribution in [0.3, 0.4) is 0 Å². The van der Waals surface area contributed by atoms with Crippen molar-refractivity contribution in [3.8, 4) is 0 Å². The molecule has 168 valence electrons. The molecule has 1 heterocycles. The first-order valence-electron chi connectivity index (χ1n) is 11.4. The van der Waals surface area contributed by atoms with Gasteiger partial charge in [-0.3, -0.25) is 0 Å². The minimum atomic E-state index is 0.312. The highest BCUT2D eigenvalue weighted by Gasteiger charge is 2.18. The highest BCUT2D eigenvalue weighted by molar-refractivity contribution is 5.79. The number of piperidine rings is 1. The van der Waals surface area contributed by atoms with Crippen molar-refractivity contribution in [3.05, 3.63) is 65.7 Å². The molecule has 0 spiro atoms. The fraction of sp³-hybridized carbons (Fsp3) is 0.480. The fourth-order valence-electron chi connectivity index (χ4n) is 3.70. The van der Waals surface area contributed by atoms with E-state index in [1.54, 1.807) is 0 Å². The molecule has 0 unspecified atom stereocenters. The average molecular weight is 425 g/mol. The van der Waals surface area contributed by atoms with Crippen LogP contribution in [-0.2, 0) is 17.9 Å². The topological polar surface area (TPSA) is 69.1 Å². The monoisotopic (exact) mass is 424 g/mol. The molecule has 0 aromatic heterocycles. The number of aliphatic hydroxyl groups is 1. The number of ether oxygens (including phenoxy) is 1. The van der Waals surface area contributed by atoms with Crippen LogP contribution in [0.15, 0.2) is 59.6 Å². The SMILES string of the molecule is CCNC(=NCc1ccc(N2CCC(CO)CC2)cc1)NCCOCc1ccccc1. The third-order valence-corrected chi connectivity index (χ3v) is 5.59. The Morgan fingerprint density at radius 3 is 2.45 bits per heavy atom. The van der Waals surface area contributed by atoms with Crippen LogP contribution in [0.1, 0.15) is 30.9 Å². The Kier molecular flexibility index (Phi) is 9.67. The van der Waals surface area contributed by atoms with Crippen molar-refractivity contribution in [2.45, 2.75) is 32.9 Å². The Morgan fingerprint density at radius 2 is 1.77 bits per heavy atom. The summed E-state index contributed by atoms with van der Waals surface area (Å²) in [5.74, 6) is 1.27. The number of guanidine groups is 1. The van der Waals surface area contributed by atoms with E-state index in [4.69, 9.17) is 9.73 Å². The number of hydrogen-bond acceptors (Lipinski definition) is 4. The van der Waals surface area contributed by atoms with Crippen molar-refractivity contribution in [3.63, 3.8) is 0 Å². The van der Waals surface area contributed by atoms with E-state index >= 15 is 0 Å². The molecule has 6 heteroatoms. The second kappa shape index (κ2) is 13.0. The number of nitrogens with one attached hydrogen (secondary N) is 2. The lowest BCUT2D eigenvalue weighted by Gasteiger charge is -2.32. The maximum absolute atomic E-state index is 9.31. The largest absolute Gasteiger partial charge is 0.396 e. The van der Waals surface area contributed by atoms with Gasteiger partial charge in [-0.25, -0.2) is 4.99 Å². The van der Waals surface area contributed by atoms with Crippen LogP contribution >= 0.6 is 0 Å². The second-order valence-electron chi connectivity index (χ2n) is 7.94. The van der Waals surface area contributed by atoms with E-state index in [1.165, 1.54) is 16.8 Å². The lowest BCUT2D eigenvalue weighted by molar-refractivity contribution is 0.125. The fourth-order valence-corrected chi connectivity index (χ4v) is 3.70. The Bertz CT molecular complexity index is 772. The zero-order valence-corrected chi connectivity index (χ0v) is 18.6. The summed E-state index contributed by atoms with van der Waals surface area (Å²) in [5.41, 5.74) is 3.63. The van der Waals surface area contributed by atoms with E-state index in [1.807, 2.05) is 18.2 Å². The van der Waals surface area contributed by atoms with Crippen molar-refractivity contribution in [2.24, 2.45) is 10.9 Å². The third kappa shape index (κ3) is 7.89. The van der Waals surface area contributed by atoms with Gasteiger partial charge in [0, 0.05) is 38.5 Å². The molecule has 1 aliphatic rings. The van der Waals surface area contributed by atoms with Gasteiger partial charge in [-0.1, -0.05) is 42.5 Å². The average Bonchev–Trinajstić information content (AvgIpc) is 2.83. The minimum Gasteiger partial charge on any atom is -0.396 e. The van der Waals surface area contributed by atoms with Crippen LogP contribution in [0.25, 0.3) is 0 Å². The molecule has 3 N–H and O–H groups in total. The summed E-state index contributed by atoms with van der Waals surface area (Å²) >= 11 is 0. The number of rotatable bonds is 10. The van der Waals surface area contributed by atoms with Gasteiger partial charge in [0.2, 0.25) is 0 Å². The minimum absolute atomic E-state index is 0.312. The molecule has 1 saturated heterocycles. The summed E-state index contributed by atoms with van der Waals surface area (Å²) in [6, 6.07) is 18.9. The zero-order valence-electron chi connectivity index (χ0n) is 18.6. The van der Waals surface area contributed by atoms with Crippen molar-refractivity contribution in [1.29, 1.82) is 0 Å². The number of aliphatic imine (C=N–C) groups is 1. The van der Waals surface area contributed by atoms with Crippen LogP contribution < -0.4 is 15.5 Å². The second-order valence-corrected chi connectivity index (χ2v) is 7.94. The maximum Gasteiger partial charge on any atom is 0.191 e. The molecule has 31 heavy (non-hydrogen) atoms. The standard InChI is InChI=1S/C25H36N4O2/c1-2-26-25(27-14-17-31-20-23-6-4-3-5-7-23)28-18-21-8-10-24(11-9-21)29-15-12-22(19-30)13-16-29/h3-11,22,30H,2,12-20H2,1H3,(H2,26,27,28). The first-order chi connectivity index (χ1) is 15.3. The number of nitrogens with zero attached hydrogens (tertiary/aromatic N) is 2. The van der Waals surface area contributed by atoms with Gasteiger partial charge in [-0.2, -0.15) is 0 Å². The quantitative estimate of drug-likeness (QED) is 0.311. The molecule has 0 bridgehead atoms. The Labute approximate surface area is 186 Å². The molecule has 0 amide bonds. The van der Waals surface area contributed by atoms with Crippen LogP contribution in [0.5, 0.6) is 0 Å². The van der Waals surface area contributed by atoms with Gasteiger partial charge >= 0.3 is 0 Å². The first kappa shape index (κ1) is 23.1. The number of hydrogen-bond donors (Lipinski definition) is 3. The van der Waals surface area contributed by atoms with Gasteiger partial charge in [-0.05, 0) is 48.9 Å². The molecule has 1 fully saturated rings. The van der Waals surface area contributed by atoms with Crippen LogP contribution in [0.2, 0.25) is 0 Å². The first-order valence-corrected chi connectivity index (χ1v) is 11.4. The van der Waals surface area contributed by atoms with E-state index in [-0.39, 0.29) is 0 Å². The van der Waals surface area contributed by atoms with Crippen LogP contribution in [0, 0.1) is 5.92 Å². The molecule has 0 radical (unpaired) electrons. The summed E-state index contributed by atoms with van der Waals surface area (Å²) in [6.07, 6.45) is 2.13. The zero-order chi connectivity index (χ0) is 21.7. The van der Waals surface area contributed by atoms with Crippen molar-refractivity contribution in [2.75, 3.05) is 44.3 Å². The lowest BCUT2D eigenvalue weighted by atomic mass is 9.97. The van der Waals surface area contributed by atoms with Crippen molar-refractivity contribution < 1.29 is 9.84 Å². The molecule has 6 nitrogen and oxygen atoms in total. The van der Waals surface area contributed by atoms with Gasteiger partial charge in [0.15, 0.2) is 5.96 Å². The number of aliphatic hydroxyl groups excluding tert-OH is 1. The van der Waals surface area contributed by atoms with Gasteiger partial charge < -0.3 is 25.4 Å². The van der Waals surface area contributed by atoms with E-state index in [9.17, 15) is 5.11 Å². The van der Waals surface area contributed by atoms with E-state index < -0.39 is 0 Å². The molecule has 0 aliphatic carbocycles. The normalized spacial score (nSPS) is 15.2. The molecule has 2 aromatic rings. The van der Waals surface area contributed by atoms with Crippen LogP contribution in [0.4, 0.5) is 5.69 Å². The summed E-state index contributed by atoms with van der Waals surface area (Å²) in [6.45, 7) is 7.83. The third-order valence-electron chi connectivity index (χ3n) is 5.59. The Hall–Kier alpha value is -2.57. The molecular formula is C25H36N4O2. The molecule has 2 aromatic carbocycles. The molecular weight excluding hydrogens is 388 g/mol. The number of anilines is 1. The summed E-state index contributed by atoms with van der Waals surface area (Å²) in [4.78, 5) is 7.10. The van der Waals surface area contributed by atoms with E-state index in [2.05, 4.69) is 58.9 Å². The van der Waals surface area contributed by atoms with Gasteiger partial charge in [0.05, 0.1) is 19.8 Å². The van der Waals surface area contributed by atoms with Crippen molar-refractivity contribution >= 4 is 11.6 Å². The van der Waals surface area contributed by atoms with Crippen molar-refractivity contribution in [1.82, 2.24) is 10.6 Å². The molecule has 0 atom stereocenters. The highest BCUT2D eigenvalue weighted by Crippen LogP contribution is 2.23. The smallest absolute Gasteiger partial charge is 0.191 e. The Morgan fingerprint density at radius 1 is 1.03 bits per heavy atom. The van der Waals surface area contributed by atoms with E-state index in [0.717, 1.165) is 38.4 Å².